The number of guanidine groups is 1. The van der Waals surface area contributed by atoms with Gasteiger partial charge in [0.25, 0.3) is 0 Å². The van der Waals surface area contributed by atoms with E-state index in [0.29, 0.717) is 38.4 Å². The Kier molecular flexibility index (Phi) is 8.89. The summed E-state index contributed by atoms with van der Waals surface area (Å²) in [5, 5.41) is 14.3. The van der Waals surface area contributed by atoms with Gasteiger partial charge in [0.1, 0.15) is 0 Å². The highest BCUT2D eigenvalue weighted by atomic mass is 16.8. The number of aromatic nitrogens is 1. The minimum atomic E-state index is -0.337. The zero-order chi connectivity index (χ0) is 18.5. The molecule has 1 unspecified atom stereocenters. The van der Waals surface area contributed by atoms with Crippen LogP contribution >= 0.6 is 0 Å². The Morgan fingerprint density at radius 1 is 1.38 bits per heavy atom. The van der Waals surface area contributed by atoms with Gasteiger partial charge < -0.3 is 10.1 Å². The highest BCUT2D eigenvalue weighted by molar-refractivity contribution is 5.94. The van der Waals surface area contributed by atoms with E-state index in [4.69, 9.17) is 14.8 Å². The molecule has 26 heavy (non-hydrogen) atoms. The average Bonchev–Trinajstić information content (AvgIpc) is 2.68. The fourth-order valence-electron chi connectivity index (χ4n) is 2.31. The number of hydrogen-bond acceptors (Lipinski definition) is 6. The molecule has 1 aromatic rings. The van der Waals surface area contributed by atoms with Crippen LogP contribution in [0, 0.1) is 11.5 Å². The first-order chi connectivity index (χ1) is 12.8. The van der Waals surface area contributed by atoms with E-state index >= 15 is 0 Å². The Morgan fingerprint density at radius 3 is 2.96 bits per heavy atom. The van der Waals surface area contributed by atoms with Gasteiger partial charge in [-0.2, -0.15) is 5.26 Å². The van der Waals surface area contributed by atoms with E-state index < -0.39 is 0 Å². The molecule has 0 spiro atoms. The summed E-state index contributed by atoms with van der Waals surface area (Å²) >= 11 is 0. The summed E-state index contributed by atoms with van der Waals surface area (Å²) in [4.78, 5) is 25.2. The van der Waals surface area contributed by atoms with Crippen molar-refractivity contribution in [2.75, 3.05) is 18.5 Å². The maximum atomic E-state index is 11.7. The van der Waals surface area contributed by atoms with E-state index in [9.17, 15) is 4.79 Å². The first-order valence-corrected chi connectivity index (χ1v) is 8.70. The van der Waals surface area contributed by atoms with Crippen molar-refractivity contribution in [2.24, 2.45) is 4.99 Å². The van der Waals surface area contributed by atoms with Gasteiger partial charge in [-0.1, -0.05) is 0 Å². The second-order valence-electron chi connectivity index (χ2n) is 5.72. The lowest BCUT2D eigenvalue weighted by Crippen LogP contribution is -2.33. The predicted octanol–water partition coefficient (Wildman–Crippen LogP) is 1.66. The van der Waals surface area contributed by atoms with Crippen LogP contribution in [0.1, 0.15) is 38.5 Å². The van der Waals surface area contributed by atoms with E-state index in [-0.39, 0.29) is 12.2 Å². The van der Waals surface area contributed by atoms with Gasteiger partial charge in [-0.25, -0.2) is 10.3 Å². The summed E-state index contributed by atoms with van der Waals surface area (Å²) in [6, 6.07) is 3.55. The SMILES string of the molecule is N#CNC(=NCCCCC(=O)NOC1CCCCO1)Nc1ccncc1. The Balaban J connectivity index is 1.61. The van der Waals surface area contributed by atoms with E-state index in [1.807, 2.05) is 6.19 Å². The number of amides is 1. The zero-order valence-electron chi connectivity index (χ0n) is 14.6. The second kappa shape index (κ2) is 11.8. The molecular weight excluding hydrogens is 336 g/mol. The van der Waals surface area contributed by atoms with Gasteiger partial charge in [-0.3, -0.25) is 20.1 Å². The molecule has 1 aliphatic heterocycles. The number of nitrogens with one attached hydrogen (secondary N) is 3. The topological polar surface area (TPSA) is 121 Å². The van der Waals surface area contributed by atoms with Gasteiger partial charge in [0.05, 0.1) is 0 Å². The molecule has 1 aliphatic rings. The molecule has 1 saturated heterocycles. The summed E-state index contributed by atoms with van der Waals surface area (Å²) < 4.78 is 5.37. The maximum Gasteiger partial charge on any atom is 0.243 e. The van der Waals surface area contributed by atoms with Crippen LogP contribution in [-0.4, -0.2) is 36.3 Å². The van der Waals surface area contributed by atoms with Crippen molar-refractivity contribution < 1.29 is 14.4 Å². The minimum absolute atomic E-state index is 0.173. The van der Waals surface area contributed by atoms with E-state index in [2.05, 4.69) is 26.1 Å². The molecule has 3 N–H and O–H groups in total. The van der Waals surface area contributed by atoms with Crippen LogP contribution in [0.2, 0.25) is 0 Å². The molecular formula is C17H24N6O3. The van der Waals surface area contributed by atoms with Gasteiger partial charge in [0.15, 0.2) is 12.5 Å². The Labute approximate surface area is 152 Å². The van der Waals surface area contributed by atoms with Gasteiger partial charge >= 0.3 is 0 Å². The number of aliphatic imine (C=N–C) groups is 1. The van der Waals surface area contributed by atoms with Crippen LogP contribution in [0.3, 0.4) is 0 Å². The quantitative estimate of drug-likeness (QED) is 0.161. The largest absolute Gasteiger partial charge is 0.350 e. The van der Waals surface area contributed by atoms with Gasteiger partial charge in [-0.05, 0) is 37.8 Å². The first kappa shape index (κ1) is 19.6. The Hall–Kier alpha value is -2.70. The number of pyridine rings is 1. The molecule has 140 valence electrons. The number of hydrogen-bond donors (Lipinski definition) is 3. The summed E-state index contributed by atoms with van der Waals surface area (Å²) in [7, 11) is 0. The van der Waals surface area contributed by atoms with Crippen molar-refractivity contribution in [3.05, 3.63) is 24.5 Å². The smallest absolute Gasteiger partial charge is 0.243 e. The second-order valence-corrected chi connectivity index (χ2v) is 5.72. The molecule has 0 aliphatic carbocycles. The Bertz CT molecular complexity index is 611. The number of rotatable bonds is 8. The van der Waals surface area contributed by atoms with Crippen molar-refractivity contribution >= 4 is 17.6 Å². The molecule has 0 bridgehead atoms. The van der Waals surface area contributed by atoms with Crippen LogP contribution < -0.4 is 16.1 Å². The lowest BCUT2D eigenvalue weighted by atomic mass is 10.2. The predicted molar refractivity (Wildman–Crippen MR) is 95.6 cm³/mol. The van der Waals surface area contributed by atoms with Crippen LogP contribution in [-0.2, 0) is 14.4 Å². The van der Waals surface area contributed by atoms with Gasteiger partial charge in [0, 0.05) is 44.1 Å². The third-order valence-electron chi connectivity index (χ3n) is 3.64. The third-order valence-corrected chi connectivity index (χ3v) is 3.64. The number of nitrogens with zero attached hydrogens (tertiary/aromatic N) is 3. The zero-order valence-corrected chi connectivity index (χ0v) is 14.6. The molecule has 1 amide bonds. The monoisotopic (exact) mass is 360 g/mol. The first-order valence-electron chi connectivity index (χ1n) is 8.70. The highest BCUT2D eigenvalue weighted by Crippen LogP contribution is 2.12. The Morgan fingerprint density at radius 2 is 2.23 bits per heavy atom. The molecule has 2 heterocycles. The van der Waals surface area contributed by atoms with Crippen molar-refractivity contribution in [3.63, 3.8) is 0 Å². The summed E-state index contributed by atoms with van der Waals surface area (Å²) in [5.74, 6) is 0.189. The van der Waals surface area contributed by atoms with E-state index in [1.165, 1.54) is 0 Å². The van der Waals surface area contributed by atoms with Crippen molar-refractivity contribution in [2.45, 2.75) is 44.8 Å². The summed E-state index contributed by atoms with van der Waals surface area (Å²) in [6.45, 7) is 1.16. The summed E-state index contributed by atoms with van der Waals surface area (Å²) in [6.07, 6.45) is 9.40. The van der Waals surface area contributed by atoms with E-state index in [0.717, 1.165) is 24.9 Å². The van der Waals surface area contributed by atoms with Crippen LogP contribution in [0.25, 0.3) is 0 Å². The number of nitriles is 1. The third kappa shape index (κ3) is 7.92. The average molecular weight is 360 g/mol. The van der Waals surface area contributed by atoms with Crippen LogP contribution in [0.4, 0.5) is 5.69 Å². The van der Waals surface area contributed by atoms with Crippen molar-refractivity contribution in [1.29, 1.82) is 5.26 Å². The van der Waals surface area contributed by atoms with Crippen molar-refractivity contribution in [1.82, 2.24) is 15.8 Å². The van der Waals surface area contributed by atoms with Gasteiger partial charge in [0.2, 0.25) is 11.9 Å². The molecule has 1 aromatic heterocycles. The van der Waals surface area contributed by atoms with Crippen LogP contribution in [0.15, 0.2) is 29.5 Å². The van der Waals surface area contributed by atoms with Crippen LogP contribution in [0.5, 0.6) is 0 Å². The maximum absolute atomic E-state index is 11.7. The molecule has 0 aromatic carbocycles. The lowest BCUT2D eigenvalue weighted by molar-refractivity contribution is -0.200. The summed E-state index contributed by atoms with van der Waals surface area (Å²) in [5.41, 5.74) is 3.21. The standard InChI is InChI=1S/C17H24N6O3/c18-13-21-17(22-14-7-10-19-11-8-14)20-9-3-1-5-15(24)23-26-16-6-2-4-12-25-16/h7-8,10-11,16H,1-6,9,12H2,(H,23,24)(H2,19,20,21,22). The molecule has 9 heteroatoms. The van der Waals surface area contributed by atoms with Crippen molar-refractivity contribution in [3.8, 4) is 6.19 Å². The number of ether oxygens (including phenoxy) is 1. The minimum Gasteiger partial charge on any atom is -0.350 e. The van der Waals surface area contributed by atoms with Gasteiger partial charge in [-0.15, -0.1) is 0 Å². The normalized spacial score (nSPS) is 17.2. The number of unbranched alkanes of at least 4 members (excludes halogenated alkanes) is 1. The number of anilines is 1. The molecule has 1 fully saturated rings. The molecule has 0 radical (unpaired) electrons. The number of carbonyl (C=O) groups is 1. The van der Waals surface area contributed by atoms with E-state index in [1.54, 1.807) is 24.5 Å². The molecule has 9 nitrogen and oxygen atoms in total. The fourth-order valence-corrected chi connectivity index (χ4v) is 2.31. The molecule has 2 rings (SSSR count). The number of carbonyl (C=O) groups excluding carboxylic acids is 1. The number of hydroxylamine groups is 1. The molecule has 1 atom stereocenters. The lowest BCUT2D eigenvalue weighted by Gasteiger charge is -2.22. The highest BCUT2D eigenvalue weighted by Gasteiger charge is 2.15. The fraction of sp³-hybridized carbons (Fsp3) is 0.529. The molecule has 0 saturated carbocycles.